The predicted octanol–water partition coefficient (Wildman–Crippen LogP) is 2.17. The molecule has 2 N–H and O–H groups in total. The van der Waals surface area contributed by atoms with Crippen molar-refractivity contribution in [2.24, 2.45) is 0 Å². The van der Waals surface area contributed by atoms with Gasteiger partial charge in [-0.15, -0.1) is 0 Å². The highest BCUT2D eigenvalue weighted by Crippen LogP contribution is 2.27. The minimum absolute atomic E-state index is 0.0350. The van der Waals surface area contributed by atoms with E-state index in [0.29, 0.717) is 24.7 Å². The molecular weight excluding hydrogens is 308 g/mol. The zero-order valence-corrected chi connectivity index (χ0v) is 13.3. The van der Waals surface area contributed by atoms with Crippen molar-refractivity contribution in [3.8, 4) is 0 Å². The van der Waals surface area contributed by atoms with Crippen molar-refractivity contribution in [2.75, 3.05) is 13.1 Å². The van der Waals surface area contributed by atoms with Gasteiger partial charge in [0, 0.05) is 24.4 Å². The van der Waals surface area contributed by atoms with E-state index in [4.69, 9.17) is 4.42 Å². The number of benzene rings is 1. The van der Waals surface area contributed by atoms with Crippen LogP contribution in [0.4, 0.5) is 0 Å². The van der Waals surface area contributed by atoms with Crippen molar-refractivity contribution >= 4 is 16.9 Å². The lowest BCUT2D eigenvalue weighted by molar-refractivity contribution is 0.0675. The van der Waals surface area contributed by atoms with Gasteiger partial charge < -0.3 is 9.32 Å². The monoisotopic (exact) mass is 326 g/mol. The molecule has 2 aromatic heterocycles. The molecule has 1 amide bonds. The first-order valence-electron chi connectivity index (χ1n) is 8.05. The average Bonchev–Trinajstić information content (AvgIpc) is 3.21. The quantitative estimate of drug-likeness (QED) is 0.754. The smallest absolute Gasteiger partial charge is 0.340 e. The third kappa shape index (κ3) is 2.51. The first-order valence-corrected chi connectivity index (χ1v) is 8.05. The molecule has 3 aromatic rings. The van der Waals surface area contributed by atoms with E-state index in [2.05, 4.69) is 15.2 Å². The number of piperidine rings is 1. The number of para-hydroxylation sites is 1. The molecule has 1 saturated heterocycles. The van der Waals surface area contributed by atoms with E-state index in [9.17, 15) is 9.59 Å². The number of fused-ring (bicyclic) bond motifs is 1. The Hall–Kier alpha value is -2.83. The van der Waals surface area contributed by atoms with Crippen LogP contribution in [0.5, 0.6) is 0 Å². The Labute approximate surface area is 137 Å². The fourth-order valence-electron chi connectivity index (χ4n) is 3.33. The highest BCUT2D eigenvalue weighted by molar-refractivity contribution is 5.96. The summed E-state index contributed by atoms with van der Waals surface area (Å²) in [5.74, 6) is 0.884. The summed E-state index contributed by atoms with van der Waals surface area (Å²) in [6.07, 6.45) is 1.76. The molecule has 1 aliphatic heterocycles. The highest BCUT2D eigenvalue weighted by atomic mass is 16.3. The van der Waals surface area contributed by atoms with Crippen molar-refractivity contribution in [1.82, 2.24) is 20.1 Å². The summed E-state index contributed by atoms with van der Waals surface area (Å²) in [5, 5.41) is 7.31. The molecule has 0 radical (unpaired) electrons. The van der Waals surface area contributed by atoms with Gasteiger partial charge in [-0.3, -0.25) is 9.78 Å². The number of nitrogens with zero attached hydrogens (tertiary/aromatic N) is 2. The number of carbonyl (C=O) groups is 1. The summed E-state index contributed by atoms with van der Waals surface area (Å²) in [6.45, 7) is 3.17. The Morgan fingerprint density at radius 1 is 1.42 bits per heavy atom. The highest BCUT2D eigenvalue weighted by Gasteiger charge is 2.29. The Bertz CT molecular complexity index is 952. The molecule has 3 heterocycles. The van der Waals surface area contributed by atoms with E-state index in [1.54, 1.807) is 11.0 Å². The van der Waals surface area contributed by atoms with Gasteiger partial charge in [-0.05, 0) is 31.4 Å². The second kappa shape index (κ2) is 5.67. The lowest BCUT2D eigenvalue weighted by atomic mass is 9.97. The molecule has 0 saturated carbocycles. The van der Waals surface area contributed by atoms with Crippen molar-refractivity contribution < 1.29 is 9.21 Å². The summed E-state index contributed by atoms with van der Waals surface area (Å²) < 4.78 is 5.79. The SMILES string of the molecule is Cc1cccc2cc(C(=O)N3CCCC(c4n[nH]c(=O)[nH]4)C3)oc12. The maximum absolute atomic E-state index is 12.8. The van der Waals surface area contributed by atoms with Gasteiger partial charge in [-0.25, -0.2) is 9.89 Å². The van der Waals surface area contributed by atoms with Gasteiger partial charge in [0.2, 0.25) is 0 Å². The lowest BCUT2D eigenvalue weighted by Gasteiger charge is -2.30. The van der Waals surface area contributed by atoms with Crippen LogP contribution in [0.1, 0.15) is 40.7 Å². The summed E-state index contributed by atoms with van der Waals surface area (Å²) in [7, 11) is 0. The van der Waals surface area contributed by atoms with Crippen LogP contribution in [0, 0.1) is 6.92 Å². The third-order valence-electron chi connectivity index (χ3n) is 4.57. The third-order valence-corrected chi connectivity index (χ3v) is 4.57. The topological polar surface area (TPSA) is 95.0 Å². The number of carbonyl (C=O) groups excluding carboxylic acids is 1. The maximum atomic E-state index is 12.8. The minimum Gasteiger partial charge on any atom is -0.451 e. The van der Waals surface area contributed by atoms with Crippen molar-refractivity contribution in [1.29, 1.82) is 0 Å². The van der Waals surface area contributed by atoms with Gasteiger partial charge in [0.25, 0.3) is 5.91 Å². The second-order valence-electron chi connectivity index (χ2n) is 6.26. The molecule has 24 heavy (non-hydrogen) atoms. The first-order chi connectivity index (χ1) is 11.6. The van der Waals surface area contributed by atoms with Gasteiger partial charge in [0.1, 0.15) is 11.4 Å². The maximum Gasteiger partial charge on any atom is 0.340 e. The molecule has 124 valence electrons. The normalized spacial score (nSPS) is 18.2. The van der Waals surface area contributed by atoms with E-state index < -0.39 is 0 Å². The van der Waals surface area contributed by atoms with Crippen LogP contribution < -0.4 is 5.69 Å². The van der Waals surface area contributed by atoms with E-state index in [0.717, 1.165) is 29.4 Å². The van der Waals surface area contributed by atoms with Crippen LogP contribution in [0.3, 0.4) is 0 Å². The van der Waals surface area contributed by atoms with Crippen LogP contribution in [-0.2, 0) is 0 Å². The Balaban J connectivity index is 1.58. The second-order valence-corrected chi connectivity index (χ2v) is 6.26. The number of H-pyrrole nitrogens is 2. The molecule has 1 aromatic carbocycles. The minimum atomic E-state index is -0.318. The zero-order chi connectivity index (χ0) is 16.7. The van der Waals surface area contributed by atoms with Gasteiger partial charge in [-0.1, -0.05) is 18.2 Å². The molecule has 1 atom stereocenters. The number of amides is 1. The number of furan rings is 1. The standard InChI is InChI=1S/C17H18N4O3/c1-10-4-2-5-11-8-13(24-14(10)11)16(22)21-7-3-6-12(9-21)15-18-17(23)20-19-15/h2,4-5,8,12H,3,6-7,9H2,1H3,(H2,18,19,20,23). The lowest BCUT2D eigenvalue weighted by Crippen LogP contribution is -2.39. The first kappa shape index (κ1) is 14.7. The molecule has 0 bridgehead atoms. The van der Waals surface area contributed by atoms with E-state index in [1.807, 2.05) is 25.1 Å². The Morgan fingerprint density at radius 3 is 3.04 bits per heavy atom. The molecule has 4 rings (SSSR count). The van der Waals surface area contributed by atoms with Crippen molar-refractivity contribution in [3.63, 3.8) is 0 Å². The molecule has 1 aliphatic rings. The fraction of sp³-hybridized carbons (Fsp3) is 0.353. The number of aryl methyl sites for hydroxylation is 1. The van der Waals surface area contributed by atoms with Crippen LogP contribution in [0.25, 0.3) is 11.0 Å². The van der Waals surface area contributed by atoms with Gasteiger partial charge in [-0.2, -0.15) is 5.10 Å². The number of rotatable bonds is 2. The largest absolute Gasteiger partial charge is 0.451 e. The Kier molecular flexibility index (Phi) is 3.48. The molecule has 0 aliphatic carbocycles. The van der Waals surface area contributed by atoms with Crippen molar-refractivity contribution in [3.05, 3.63) is 51.9 Å². The van der Waals surface area contributed by atoms with Gasteiger partial charge >= 0.3 is 5.69 Å². The van der Waals surface area contributed by atoms with E-state index in [-0.39, 0.29) is 17.5 Å². The number of aromatic nitrogens is 3. The van der Waals surface area contributed by atoms with Crippen LogP contribution >= 0.6 is 0 Å². The number of nitrogens with one attached hydrogen (secondary N) is 2. The predicted molar refractivity (Wildman–Crippen MR) is 88.0 cm³/mol. The van der Waals surface area contributed by atoms with Gasteiger partial charge in [0.15, 0.2) is 5.76 Å². The van der Waals surface area contributed by atoms with E-state index in [1.165, 1.54) is 0 Å². The summed E-state index contributed by atoms with van der Waals surface area (Å²) >= 11 is 0. The Morgan fingerprint density at radius 2 is 2.29 bits per heavy atom. The molecular formula is C17H18N4O3. The fourth-order valence-corrected chi connectivity index (χ4v) is 3.33. The number of hydrogen-bond acceptors (Lipinski definition) is 4. The zero-order valence-electron chi connectivity index (χ0n) is 13.3. The molecule has 1 unspecified atom stereocenters. The average molecular weight is 326 g/mol. The molecule has 1 fully saturated rings. The number of hydrogen-bond donors (Lipinski definition) is 2. The van der Waals surface area contributed by atoms with Crippen LogP contribution in [0.2, 0.25) is 0 Å². The number of likely N-dealkylation sites (tertiary alicyclic amines) is 1. The summed E-state index contributed by atoms with van der Waals surface area (Å²) in [4.78, 5) is 28.5. The summed E-state index contributed by atoms with van der Waals surface area (Å²) in [5.41, 5.74) is 1.45. The van der Waals surface area contributed by atoms with Crippen LogP contribution in [-0.4, -0.2) is 39.1 Å². The van der Waals surface area contributed by atoms with Crippen molar-refractivity contribution in [2.45, 2.75) is 25.7 Å². The molecule has 0 spiro atoms. The summed E-state index contributed by atoms with van der Waals surface area (Å²) in [6, 6.07) is 7.65. The van der Waals surface area contributed by atoms with E-state index >= 15 is 0 Å². The number of aromatic amines is 2. The van der Waals surface area contributed by atoms with Crippen LogP contribution in [0.15, 0.2) is 33.5 Å². The molecule has 7 heteroatoms. The van der Waals surface area contributed by atoms with Gasteiger partial charge in [0.05, 0.1) is 0 Å². The molecule has 7 nitrogen and oxygen atoms in total.